The van der Waals surface area contributed by atoms with Crippen LogP contribution in [0.4, 0.5) is 5.82 Å². The van der Waals surface area contributed by atoms with Crippen molar-refractivity contribution in [2.75, 3.05) is 24.5 Å². The van der Waals surface area contributed by atoms with Crippen molar-refractivity contribution in [2.24, 2.45) is 11.1 Å². The lowest BCUT2D eigenvalue weighted by Crippen LogP contribution is -2.42. The van der Waals surface area contributed by atoms with Gasteiger partial charge in [-0.05, 0) is 36.9 Å². The Hall–Kier alpha value is -2.42. The SMILES string of the molecule is CC1(CN)CCN(c2cnc3c(Sc4ccc5cccnc5c4Cl)n[nH]c3n2)CC1. The Morgan fingerprint density at radius 2 is 2.03 bits per heavy atom. The van der Waals surface area contributed by atoms with Crippen molar-refractivity contribution in [1.29, 1.82) is 0 Å². The van der Waals surface area contributed by atoms with Crippen molar-refractivity contribution in [3.05, 3.63) is 41.7 Å². The van der Waals surface area contributed by atoms with Crippen LogP contribution in [0, 0.1) is 5.41 Å². The number of fused-ring (bicyclic) bond motifs is 2. The standard InChI is InChI=1S/C21H22ClN7S/c1-21(12-23)6-9-29(10-7-21)15-11-25-18-19(26-15)27-28-20(18)30-14-5-4-13-3-2-8-24-17(13)16(14)22/h2-5,8,11H,6-7,9-10,12,23H2,1H3,(H,26,27,28). The van der Waals surface area contributed by atoms with Crippen molar-refractivity contribution in [1.82, 2.24) is 25.1 Å². The average Bonchev–Trinajstić information content (AvgIpc) is 3.18. The highest BCUT2D eigenvalue weighted by molar-refractivity contribution is 7.99. The van der Waals surface area contributed by atoms with Gasteiger partial charge in [0.15, 0.2) is 10.7 Å². The molecule has 3 aromatic heterocycles. The summed E-state index contributed by atoms with van der Waals surface area (Å²) in [4.78, 5) is 17.0. The Labute approximate surface area is 183 Å². The van der Waals surface area contributed by atoms with Gasteiger partial charge in [-0.15, -0.1) is 0 Å². The van der Waals surface area contributed by atoms with Crippen LogP contribution in [0.25, 0.3) is 22.1 Å². The summed E-state index contributed by atoms with van der Waals surface area (Å²) in [5.41, 5.74) is 8.35. The number of nitrogens with two attached hydrogens (primary N) is 1. The van der Waals surface area contributed by atoms with E-state index in [4.69, 9.17) is 22.3 Å². The Balaban J connectivity index is 1.40. The number of benzene rings is 1. The molecule has 9 heteroatoms. The largest absolute Gasteiger partial charge is 0.355 e. The predicted molar refractivity (Wildman–Crippen MR) is 121 cm³/mol. The van der Waals surface area contributed by atoms with Gasteiger partial charge in [0, 0.05) is 29.6 Å². The summed E-state index contributed by atoms with van der Waals surface area (Å²) < 4.78 is 0. The van der Waals surface area contributed by atoms with E-state index < -0.39 is 0 Å². The first-order chi connectivity index (χ1) is 14.6. The number of pyridine rings is 1. The highest BCUT2D eigenvalue weighted by atomic mass is 35.5. The van der Waals surface area contributed by atoms with E-state index in [-0.39, 0.29) is 5.41 Å². The fraction of sp³-hybridized carbons (Fsp3) is 0.333. The second-order valence-electron chi connectivity index (χ2n) is 8.01. The molecule has 0 bridgehead atoms. The number of nitrogens with zero attached hydrogens (tertiary/aromatic N) is 5. The first-order valence-corrected chi connectivity index (χ1v) is 11.1. The number of piperidine rings is 1. The van der Waals surface area contributed by atoms with Gasteiger partial charge in [0.2, 0.25) is 0 Å². The Kier molecular flexibility index (Phi) is 5.00. The number of anilines is 1. The molecule has 5 rings (SSSR count). The monoisotopic (exact) mass is 439 g/mol. The molecule has 3 N–H and O–H groups in total. The van der Waals surface area contributed by atoms with Gasteiger partial charge in [-0.2, -0.15) is 5.10 Å². The van der Waals surface area contributed by atoms with Crippen molar-refractivity contribution < 1.29 is 0 Å². The first kappa shape index (κ1) is 19.5. The Bertz CT molecular complexity index is 1220. The summed E-state index contributed by atoms with van der Waals surface area (Å²) in [7, 11) is 0. The summed E-state index contributed by atoms with van der Waals surface area (Å²) in [5, 5.41) is 9.83. The number of aromatic amines is 1. The molecule has 4 heterocycles. The molecule has 1 aromatic carbocycles. The summed E-state index contributed by atoms with van der Waals surface area (Å²) in [6.45, 7) is 4.84. The topological polar surface area (TPSA) is 96.6 Å². The number of rotatable bonds is 4. The van der Waals surface area contributed by atoms with Gasteiger partial charge in [0.05, 0.1) is 16.7 Å². The molecular formula is C21H22ClN7S. The van der Waals surface area contributed by atoms with Crippen LogP contribution >= 0.6 is 23.4 Å². The van der Waals surface area contributed by atoms with Crippen molar-refractivity contribution >= 4 is 51.2 Å². The molecule has 0 aliphatic carbocycles. The summed E-state index contributed by atoms with van der Waals surface area (Å²) in [6.07, 6.45) is 5.69. The van der Waals surface area contributed by atoms with E-state index in [0.29, 0.717) is 10.7 Å². The van der Waals surface area contributed by atoms with E-state index >= 15 is 0 Å². The van der Waals surface area contributed by atoms with E-state index in [1.165, 1.54) is 11.8 Å². The maximum atomic E-state index is 6.60. The molecule has 1 fully saturated rings. The predicted octanol–water partition coefficient (Wildman–Crippen LogP) is 4.27. The third-order valence-corrected chi connectivity index (χ3v) is 7.43. The lowest BCUT2D eigenvalue weighted by Gasteiger charge is -2.39. The van der Waals surface area contributed by atoms with E-state index in [0.717, 1.165) is 64.6 Å². The van der Waals surface area contributed by atoms with Gasteiger partial charge in [-0.3, -0.25) is 10.1 Å². The number of aromatic nitrogens is 5. The molecule has 1 aliphatic heterocycles. The van der Waals surface area contributed by atoms with Gasteiger partial charge < -0.3 is 10.6 Å². The fourth-order valence-electron chi connectivity index (χ4n) is 3.75. The zero-order valence-corrected chi connectivity index (χ0v) is 18.2. The zero-order valence-electron chi connectivity index (χ0n) is 16.6. The molecule has 0 radical (unpaired) electrons. The van der Waals surface area contributed by atoms with Crippen LogP contribution < -0.4 is 10.6 Å². The maximum Gasteiger partial charge on any atom is 0.177 e. The number of hydrogen-bond acceptors (Lipinski definition) is 7. The summed E-state index contributed by atoms with van der Waals surface area (Å²) in [6, 6.07) is 7.90. The molecule has 30 heavy (non-hydrogen) atoms. The molecule has 1 aliphatic rings. The van der Waals surface area contributed by atoms with Gasteiger partial charge in [0.1, 0.15) is 11.3 Å². The van der Waals surface area contributed by atoms with Crippen molar-refractivity contribution in [2.45, 2.75) is 29.7 Å². The zero-order chi connectivity index (χ0) is 20.7. The summed E-state index contributed by atoms with van der Waals surface area (Å²) in [5.74, 6) is 0.870. The number of halogens is 1. The van der Waals surface area contributed by atoms with Crippen LogP contribution in [0.3, 0.4) is 0 Å². The van der Waals surface area contributed by atoms with Crippen LogP contribution in [0.15, 0.2) is 46.6 Å². The van der Waals surface area contributed by atoms with Gasteiger partial charge in [-0.25, -0.2) is 9.97 Å². The third kappa shape index (κ3) is 3.49. The highest BCUT2D eigenvalue weighted by Crippen LogP contribution is 2.38. The van der Waals surface area contributed by atoms with Crippen LogP contribution in [-0.4, -0.2) is 44.8 Å². The first-order valence-electron chi connectivity index (χ1n) is 9.93. The van der Waals surface area contributed by atoms with E-state index in [9.17, 15) is 0 Å². The van der Waals surface area contributed by atoms with Crippen molar-refractivity contribution in [3.8, 4) is 0 Å². The number of nitrogens with one attached hydrogen (secondary N) is 1. The van der Waals surface area contributed by atoms with Gasteiger partial charge >= 0.3 is 0 Å². The molecule has 154 valence electrons. The highest BCUT2D eigenvalue weighted by Gasteiger charge is 2.29. The molecule has 0 atom stereocenters. The minimum Gasteiger partial charge on any atom is -0.355 e. The summed E-state index contributed by atoms with van der Waals surface area (Å²) >= 11 is 8.06. The van der Waals surface area contributed by atoms with E-state index in [2.05, 4.69) is 32.0 Å². The van der Waals surface area contributed by atoms with Gasteiger partial charge in [0.25, 0.3) is 0 Å². The van der Waals surface area contributed by atoms with Crippen LogP contribution in [0.5, 0.6) is 0 Å². The Morgan fingerprint density at radius 1 is 1.20 bits per heavy atom. The van der Waals surface area contributed by atoms with Crippen molar-refractivity contribution in [3.63, 3.8) is 0 Å². The number of hydrogen-bond donors (Lipinski definition) is 2. The van der Waals surface area contributed by atoms with E-state index in [1.54, 1.807) is 6.20 Å². The average molecular weight is 440 g/mol. The molecule has 4 aromatic rings. The quantitative estimate of drug-likeness (QED) is 0.490. The van der Waals surface area contributed by atoms with Crippen LogP contribution in [0.1, 0.15) is 19.8 Å². The lowest BCUT2D eigenvalue weighted by molar-refractivity contribution is 0.258. The molecule has 0 amide bonds. The second-order valence-corrected chi connectivity index (χ2v) is 9.42. The van der Waals surface area contributed by atoms with Crippen LogP contribution in [-0.2, 0) is 0 Å². The minimum absolute atomic E-state index is 0.222. The minimum atomic E-state index is 0.222. The number of H-pyrrole nitrogens is 1. The second kappa shape index (κ2) is 7.68. The molecule has 1 saturated heterocycles. The molecule has 7 nitrogen and oxygen atoms in total. The van der Waals surface area contributed by atoms with Crippen LogP contribution in [0.2, 0.25) is 5.02 Å². The fourth-order valence-corrected chi connectivity index (χ4v) is 4.95. The lowest BCUT2D eigenvalue weighted by atomic mass is 9.80. The normalized spacial score (nSPS) is 16.4. The maximum absolute atomic E-state index is 6.60. The van der Waals surface area contributed by atoms with Gasteiger partial charge in [-0.1, -0.05) is 42.4 Å². The van der Waals surface area contributed by atoms with E-state index in [1.807, 2.05) is 30.5 Å². The molecule has 0 saturated carbocycles. The Morgan fingerprint density at radius 3 is 2.83 bits per heavy atom. The smallest absolute Gasteiger partial charge is 0.177 e. The molecule has 0 unspecified atom stereocenters. The third-order valence-electron chi connectivity index (χ3n) is 5.90. The molecule has 0 spiro atoms. The molecular weight excluding hydrogens is 418 g/mol.